The maximum absolute atomic E-state index is 15.4. The van der Waals surface area contributed by atoms with Gasteiger partial charge in [0.1, 0.15) is 134 Å². The first-order valence-electron chi connectivity index (χ1n) is 30.3. The van der Waals surface area contributed by atoms with Crippen molar-refractivity contribution in [2.45, 2.75) is 268 Å². The van der Waals surface area contributed by atoms with E-state index in [0.717, 1.165) is 0 Å². The summed E-state index contributed by atoms with van der Waals surface area (Å²) >= 11 is 0. The van der Waals surface area contributed by atoms with Gasteiger partial charge in [0, 0.05) is 0 Å². The predicted molar refractivity (Wildman–Crippen MR) is 283 cm³/mol. The van der Waals surface area contributed by atoms with Gasteiger partial charge in [0.15, 0.2) is 37.6 Å². The monoisotopic (exact) mass is 1270 g/mol. The molecule has 10 aliphatic rings. The van der Waals surface area contributed by atoms with E-state index in [2.05, 4.69) is 13.5 Å². The number of hydrogen-bond acceptors (Lipinski definition) is 32. The Morgan fingerprint density at radius 2 is 0.841 bits per heavy atom. The average Bonchev–Trinajstić information content (AvgIpc) is 0.966. The highest BCUT2D eigenvalue weighted by Gasteiger charge is 2.70. The van der Waals surface area contributed by atoms with Crippen molar-refractivity contribution in [2.24, 2.45) is 28.1 Å². The summed E-state index contributed by atoms with van der Waals surface area (Å²) in [6.45, 7) is 5.42. The summed E-state index contributed by atoms with van der Waals surface area (Å²) in [6.07, 6.45) is -50.1. The quantitative estimate of drug-likeness (QED) is 0.0365. The van der Waals surface area contributed by atoms with Crippen LogP contribution in [0.1, 0.15) is 78.6 Å². The molecule has 506 valence electrons. The highest BCUT2D eigenvalue weighted by atomic mass is 16.8. The predicted octanol–water partition coefficient (Wildman–Crippen LogP) is -8.44. The fourth-order valence-corrected chi connectivity index (χ4v) is 16.4. The largest absolute Gasteiger partial charge is 0.432 e. The van der Waals surface area contributed by atoms with Crippen molar-refractivity contribution >= 4 is 5.97 Å². The molecule has 6 aliphatic heterocycles. The van der Waals surface area contributed by atoms with E-state index in [1.165, 1.54) is 6.92 Å². The number of ether oxygens (including phenoxy) is 12. The lowest BCUT2D eigenvalue weighted by molar-refractivity contribution is -0.398. The molecule has 1 unspecified atom stereocenters. The molecular formula is C56H90O32. The van der Waals surface area contributed by atoms with Crippen LogP contribution in [0, 0.1) is 28.1 Å². The Kier molecular flexibility index (Phi) is 20.9. The molecule has 36 atom stereocenters. The zero-order chi connectivity index (χ0) is 64.0. The fourth-order valence-electron chi connectivity index (χ4n) is 16.4. The number of rotatable bonds is 17. The summed E-state index contributed by atoms with van der Waals surface area (Å²) < 4.78 is 73.2. The van der Waals surface area contributed by atoms with Crippen molar-refractivity contribution in [2.75, 3.05) is 33.0 Å². The van der Waals surface area contributed by atoms with Crippen LogP contribution in [0.5, 0.6) is 0 Å². The van der Waals surface area contributed by atoms with Crippen molar-refractivity contribution in [1.29, 1.82) is 0 Å². The van der Waals surface area contributed by atoms with E-state index < -0.39 is 251 Å². The minimum Gasteiger partial charge on any atom is -0.432 e. The molecular weight excluding hydrogens is 1180 g/mol. The van der Waals surface area contributed by atoms with Crippen LogP contribution in [0.2, 0.25) is 0 Å². The van der Waals surface area contributed by atoms with Gasteiger partial charge >= 0.3 is 5.97 Å². The molecule has 10 fully saturated rings. The highest BCUT2D eigenvalue weighted by molar-refractivity contribution is 5.77. The fraction of sp³-hybridized carbons (Fsp3) is 0.946. The van der Waals surface area contributed by atoms with Gasteiger partial charge in [-0.1, -0.05) is 19.9 Å². The molecule has 32 heteroatoms. The minimum atomic E-state index is -2.07. The number of carbonyl (C=O) groups is 1. The minimum absolute atomic E-state index is 0.130. The Bertz CT molecular complexity index is 2380. The van der Waals surface area contributed by atoms with Crippen LogP contribution in [0.3, 0.4) is 0 Å². The molecule has 32 nitrogen and oxygen atoms in total. The second-order valence-corrected chi connectivity index (χ2v) is 26.4. The van der Waals surface area contributed by atoms with Crippen LogP contribution >= 0.6 is 0 Å². The molecule has 0 aromatic carbocycles. The topological polar surface area (TPSA) is 512 Å². The first-order valence-corrected chi connectivity index (χ1v) is 30.3. The summed E-state index contributed by atoms with van der Waals surface area (Å²) in [4.78, 5) is 15.4. The SMILES string of the molecule is C=C1C[C@@]23CC[C@H]4[C@@](C)(CCC[C@@]4(C)C(=O)O[C@@H]4O[C@H](CO)C(O)[C@H](O[C@@H]5O[C@H](CO)[C@@H](O)[C@H](O)[C@H]5O)[C@H]4O[C@@H]4O[C@H](CO)[C@@H](O)[C@H](O)[C@H]4O)[C@@H]2CC[C@]1(O[C@@H]1O[C@H](CO)[C@@H](O)[C@H](O[C@@H]2O[C@H](CO)[C@@H](O)[C@H](O)[C@H]2O)[C@H]1O[C@@H]1O[C@@H](C)[C@H](O)[C@@H](O)[C@H]1O)C3. The first-order chi connectivity index (χ1) is 41.6. The number of esters is 1. The van der Waals surface area contributed by atoms with Gasteiger partial charge in [-0.15, -0.1) is 0 Å². The molecule has 6 saturated heterocycles. The number of aliphatic hydroxyl groups excluding tert-OH is 19. The molecule has 88 heavy (non-hydrogen) atoms. The maximum atomic E-state index is 15.4. The molecule has 4 saturated carbocycles. The van der Waals surface area contributed by atoms with Gasteiger partial charge in [-0.05, 0) is 93.5 Å². The van der Waals surface area contributed by atoms with E-state index >= 15 is 4.79 Å². The Labute approximate surface area is 505 Å². The molecule has 2 bridgehead atoms. The summed E-state index contributed by atoms with van der Waals surface area (Å²) in [5.74, 6) is -1.38. The highest BCUT2D eigenvalue weighted by Crippen LogP contribution is 2.74. The summed E-state index contributed by atoms with van der Waals surface area (Å²) in [6, 6.07) is 0. The van der Waals surface area contributed by atoms with Crippen LogP contribution in [0.4, 0.5) is 0 Å². The smallest absolute Gasteiger partial charge is 0.314 e. The Morgan fingerprint density at radius 1 is 0.455 bits per heavy atom. The normalized spacial score (nSPS) is 55.0. The zero-order valence-corrected chi connectivity index (χ0v) is 48.9. The third-order valence-corrected chi connectivity index (χ3v) is 21.3. The summed E-state index contributed by atoms with van der Waals surface area (Å²) in [5.41, 5.74) is -3.10. The Morgan fingerprint density at radius 3 is 1.31 bits per heavy atom. The van der Waals surface area contributed by atoms with Crippen molar-refractivity contribution in [1.82, 2.24) is 0 Å². The molecule has 10 rings (SSSR count). The van der Waals surface area contributed by atoms with Crippen LogP contribution in [-0.2, 0) is 61.6 Å². The van der Waals surface area contributed by atoms with Gasteiger partial charge in [0.25, 0.3) is 0 Å². The zero-order valence-electron chi connectivity index (χ0n) is 48.9. The number of aliphatic hydroxyl groups is 19. The second-order valence-electron chi connectivity index (χ2n) is 26.4. The third kappa shape index (κ3) is 12.0. The molecule has 0 aromatic rings. The lowest BCUT2D eigenvalue weighted by Gasteiger charge is -2.64. The number of carbonyl (C=O) groups excluding carboxylic acids is 1. The van der Waals surface area contributed by atoms with E-state index in [0.29, 0.717) is 50.5 Å². The van der Waals surface area contributed by atoms with Crippen LogP contribution in [0.15, 0.2) is 12.2 Å². The maximum Gasteiger partial charge on any atom is 0.314 e. The van der Waals surface area contributed by atoms with Gasteiger partial charge in [0.05, 0.1) is 50.2 Å². The molecule has 0 amide bonds. The van der Waals surface area contributed by atoms with Gasteiger partial charge in [-0.2, -0.15) is 0 Å². The van der Waals surface area contributed by atoms with Crippen LogP contribution in [-0.4, -0.2) is 326 Å². The van der Waals surface area contributed by atoms with Crippen molar-refractivity contribution in [3.05, 3.63) is 12.2 Å². The first kappa shape index (κ1) is 68.9. The van der Waals surface area contributed by atoms with E-state index in [4.69, 9.17) is 56.8 Å². The van der Waals surface area contributed by atoms with E-state index in [1.807, 2.05) is 0 Å². The number of fused-ring (bicyclic) bond motifs is 3. The second kappa shape index (κ2) is 26.7. The molecule has 1 spiro atoms. The summed E-state index contributed by atoms with van der Waals surface area (Å²) in [7, 11) is 0. The molecule has 19 N–H and O–H groups in total. The van der Waals surface area contributed by atoms with E-state index in [9.17, 15) is 97.0 Å². The molecule has 6 heterocycles. The Balaban J connectivity index is 0.919. The van der Waals surface area contributed by atoms with E-state index in [1.54, 1.807) is 6.92 Å². The molecule has 0 aromatic heterocycles. The van der Waals surface area contributed by atoms with Gasteiger partial charge in [-0.25, -0.2) is 0 Å². The Hall–Kier alpha value is -1.99. The average molecular weight is 1280 g/mol. The van der Waals surface area contributed by atoms with Crippen molar-refractivity contribution in [3.63, 3.8) is 0 Å². The molecule has 0 radical (unpaired) electrons. The number of hydrogen-bond donors (Lipinski definition) is 19. The van der Waals surface area contributed by atoms with Crippen LogP contribution in [0.25, 0.3) is 0 Å². The third-order valence-electron chi connectivity index (χ3n) is 21.3. The van der Waals surface area contributed by atoms with Crippen molar-refractivity contribution < 1.29 is 159 Å². The van der Waals surface area contributed by atoms with Crippen molar-refractivity contribution in [3.8, 4) is 0 Å². The van der Waals surface area contributed by atoms with Crippen LogP contribution < -0.4 is 0 Å². The molecule has 4 aliphatic carbocycles. The lowest BCUT2D eigenvalue weighted by Crippen LogP contribution is -2.68. The van der Waals surface area contributed by atoms with Gasteiger partial charge in [0.2, 0.25) is 6.29 Å². The van der Waals surface area contributed by atoms with Gasteiger partial charge in [-0.3, -0.25) is 4.79 Å². The lowest BCUT2D eigenvalue weighted by atomic mass is 9.41. The van der Waals surface area contributed by atoms with Gasteiger partial charge < -0.3 is 154 Å². The van der Waals surface area contributed by atoms with E-state index in [-0.39, 0.29) is 18.8 Å². The standard InChI is InChI=1S/C56H90O32/c1-19-12-55-10-6-26-53(3,27(55)7-11-56(19,18-55)88-51-45(86-46-38(72)34(68)28(62)20(2)77-46)43(33(67)25(17-61)82-51)84-48-40(74)36(70)30(64)22(14-58)79-48)8-5-9-54(26,4)52(76)87-50-44(85-49-41(75)37(71)31(65)23(15-59)80-49)42(32(66)24(16-60)81-50)83-47-39(73)35(69)29(63)21(13-57)78-47/h20-51,57-75H,1,5-18H2,2-4H3/t20-,21+,22+,23+,24+,25+,26-,27-,28-,29+,30+,31+,32?,33+,34+,35-,36-,37-,38+,39+,40+,41+,42-,43-,44+,45+,46-,47-,48-,49-,50-,51-,53+,54+,55+,56-/m0/s1. The summed E-state index contributed by atoms with van der Waals surface area (Å²) in [5, 5.41) is 205.